The second kappa shape index (κ2) is 6.69. The zero-order valence-electron chi connectivity index (χ0n) is 11.5. The van der Waals surface area contributed by atoms with Gasteiger partial charge in [0.05, 0.1) is 18.4 Å². The molecule has 0 radical (unpaired) electrons. The molecular weight excluding hydrogens is 272 g/mol. The Kier molecular flexibility index (Phi) is 4.71. The number of aliphatic carboxylic acids is 2. The molecule has 2 aromatic rings. The highest BCUT2D eigenvalue weighted by atomic mass is 16.4. The highest BCUT2D eigenvalue weighted by Gasteiger charge is 2.20. The number of carboxylic acid groups (broad SMARTS) is 2. The minimum absolute atomic E-state index is 0.0213. The van der Waals surface area contributed by atoms with Gasteiger partial charge in [0.25, 0.3) is 5.82 Å². The van der Waals surface area contributed by atoms with Crippen LogP contribution in [0.5, 0.6) is 0 Å². The number of benzene rings is 1. The summed E-state index contributed by atoms with van der Waals surface area (Å²) in [4.78, 5) is 21.5. The van der Waals surface area contributed by atoms with E-state index < -0.39 is 11.9 Å². The smallest absolute Gasteiger partial charge is 0.307 e. The number of aryl methyl sites for hydroxylation is 2. The van der Waals surface area contributed by atoms with Crippen molar-refractivity contribution in [2.24, 2.45) is 0 Å². The van der Waals surface area contributed by atoms with Gasteiger partial charge in [-0.3, -0.25) is 9.59 Å². The van der Waals surface area contributed by atoms with Crippen LogP contribution in [0, 0.1) is 0 Å². The van der Waals surface area contributed by atoms with E-state index in [9.17, 15) is 9.59 Å². The van der Waals surface area contributed by atoms with Gasteiger partial charge in [-0.2, -0.15) is 0 Å². The molecule has 2 N–H and O–H groups in total. The Morgan fingerprint density at radius 1 is 1.05 bits per heavy atom. The Balaban J connectivity index is 2.33. The van der Waals surface area contributed by atoms with Gasteiger partial charge in [0, 0.05) is 0 Å². The summed E-state index contributed by atoms with van der Waals surface area (Å²) in [6.07, 6.45) is 3.61. The van der Waals surface area contributed by atoms with Crippen molar-refractivity contribution in [2.45, 2.75) is 25.9 Å². The van der Waals surface area contributed by atoms with Crippen LogP contribution in [-0.4, -0.2) is 26.7 Å². The maximum atomic E-state index is 10.7. The van der Waals surface area contributed by atoms with Gasteiger partial charge in [0.1, 0.15) is 25.5 Å². The summed E-state index contributed by atoms with van der Waals surface area (Å²) in [5.41, 5.74) is 0.929. The molecule has 110 valence electrons. The monoisotopic (exact) mass is 289 g/mol. The van der Waals surface area contributed by atoms with Crippen LogP contribution in [0.1, 0.15) is 12.8 Å². The first-order valence-corrected chi connectivity index (χ1v) is 6.65. The summed E-state index contributed by atoms with van der Waals surface area (Å²) in [5, 5.41) is 17.6. The highest BCUT2D eigenvalue weighted by molar-refractivity contribution is 5.67. The number of nitrogens with zero attached hydrogens (tertiary/aromatic N) is 2. The molecule has 0 atom stereocenters. The van der Waals surface area contributed by atoms with Crippen LogP contribution in [0.3, 0.4) is 0 Å². The third kappa shape index (κ3) is 3.92. The fraction of sp³-hybridized carbons (Fsp3) is 0.267. The van der Waals surface area contributed by atoms with Gasteiger partial charge in [-0.25, -0.2) is 9.13 Å². The maximum Gasteiger partial charge on any atom is 0.307 e. The molecule has 0 aliphatic heterocycles. The van der Waals surface area contributed by atoms with Crippen molar-refractivity contribution in [2.75, 3.05) is 0 Å². The first kappa shape index (κ1) is 14.8. The third-order valence-corrected chi connectivity index (χ3v) is 3.14. The standard InChI is InChI=1S/C15H16N2O4/c18-13(19)6-8-16-10-11-17(9-7-14(20)21)15(16)12-4-2-1-3-5-12/h1-5,10-11H,6-9H2,(H-,18,19,20,21)/p+1. The lowest BCUT2D eigenvalue weighted by Crippen LogP contribution is -2.36. The number of hydrogen-bond acceptors (Lipinski definition) is 2. The van der Waals surface area contributed by atoms with Crippen molar-refractivity contribution in [3.8, 4) is 11.4 Å². The summed E-state index contributed by atoms with van der Waals surface area (Å²) >= 11 is 0. The molecule has 0 unspecified atom stereocenters. The number of carboxylic acids is 2. The van der Waals surface area contributed by atoms with Crippen LogP contribution in [0.25, 0.3) is 11.4 Å². The zero-order valence-corrected chi connectivity index (χ0v) is 11.5. The van der Waals surface area contributed by atoms with E-state index in [1.807, 2.05) is 39.5 Å². The first-order chi connectivity index (χ1) is 10.1. The molecule has 21 heavy (non-hydrogen) atoms. The molecule has 6 heteroatoms. The predicted octanol–water partition coefficient (Wildman–Crippen LogP) is 1.39. The van der Waals surface area contributed by atoms with Crippen molar-refractivity contribution >= 4 is 11.9 Å². The Hall–Kier alpha value is -2.63. The van der Waals surface area contributed by atoms with Gasteiger partial charge in [0.2, 0.25) is 0 Å². The van der Waals surface area contributed by atoms with Crippen LogP contribution < -0.4 is 4.57 Å². The van der Waals surface area contributed by atoms with E-state index in [2.05, 4.69) is 0 Å². The van der Waals surface area contributed by atoms with Crippen LogP contribution in [0.2, 0.25) is 0 Å². The number of hydrogen-bond donors (Lipinski definition) is 2. The quantitative estimate of drug-likeness (QED) is 0.755. The van der Waals surface area contributed by atoms with E-state index in [4.69, 9.17) is 10.2 Å². The molecule has 6 nitrogen and oxygen atoms in total. The molecule has 1 heterocycles. The average Bonchev–Trinajstić information content (AvgIpc) is 2.86. The topological polar surface area (TPSA) is 83.4 Å². The van der Waals surface area contributed by atoms with Gasteiger partial charge in [0.15, 0.2) is 0 Å². The van der Waals surface area contributed by atoms with Gasteiger partial charge in [-0.15, -0.1) is 0 Å². The third-order valence-electron chi connectivity index (χ3n) is 3.14. The van der Waals surface area contributed by atoms with E-state index in [0.29, 0.717) is 13.1 Å². The number of aromatic nitrogens is 2. The average molecular weight is 289 g/mol. The Bertz CT molecular complexity index is 599. The molecule has 1 aromatic heterocycles. The van der Waals surface area contributed by atoms with Crippen LogP contribution in [-0.2, 0) is 22.7 Å². The fourth-order valence-electron chi connectivity index (χ4n) is 2.18. The van der Waals surface area contributed by atoms with E-state index in [1.54, 1.807) is 12.4 Å². The fourth-order valence-corrected chi connectivity index (χ4v) is 2.18. The molecule has 0 aliphatic carbocycles. The Labute approximate surface area is 121 Å². The minimum Gasteiger partial charge on any atom is -0.481 e. The zero-order chi connectivity index (χ0) is 15.2. The molecule has 0 spiro atoms. The maximum absolute atomic E-state index is 10.7. The summed E-state index contributed by atoms with van der Waals surface area (Å²) in [6, 6.07) is 9.53. The normalized spacial score (nSPS) is 10.5. The summed E-state index contributed by atoms with van der Waals surface area (Å²) in [6.45, 7) is 0.694. The van der Waals surface area contributed by atoms with Crippen molar-refractivity contribution in [3.63, 3.8) is 0 Å². The van der Waals surface area contributed by atoms with E-state index in [0.717, 1.165) is 11.4 Å². The molecule has 0 aliphatic rings. The number of carbonyl (C=O) groups is 2. The van der Waals surface area contributed by atoms with Gasteiger partial charge < -0.3 is 10.2 Å². The van der Waals surface area contributed by atoms with Crippen molar-refractivity contribution in [1.29, 1.82) is 0 Å². The first-order valence-electron chi connectivity index (χ1n) is 6.65. The molecule has 0 saturated heterocycles. The second-order valence-electron chi connectivity index (χ2n) is 4.66. The van der Waals surface area contributed by atoms with Crippen molar-refractivity contribution < 1.29 is 24.4 Å². The molecule has 0 amide bonds. The molecule has 0 bridgehead atoms. The van der Waals surface area contributed by atoms with Crippen LogP contribution >= 0.6 is 0 Å². The minimum atomic E-state index is -0.861. The molecular formula is C15H17N2O4+. The molecule has 2 rings (SSSR count). The van der Waals surface area contributed by atoms with E-state index in [-0.39, 0.29) is 12.8 Å². The summed E-state index contributed by atoms with van der Waals surface area (Å²) in [5.74, 6) is -0.905. The molecule has 0 fully saturated rings. The van der Waals surface area contributed by atoms with Gasteiger partial charge >= 0.3 is 11.9 Å². The number of rotatable bonds is 7. The second-order valence-corrected chi connectivity index (χ2v) is 4.66. The number of imidazole rings is 1. The van der Waals surface area contributed by atoms with Gasteiger partial charge in [-0.05, 0) is 12.1 Å². The molecule has 1 aromatic carbocycles. The SMILES string of the molecule is O=C(O)CCn1cc[n+](CCC(=O)O)c1-c1ccccc1. The highest BCUT2D eigenvalue weighted by Crippen LogP contribution is 2.16. The van der Waals surface area contributed by atoms with E-state index in [1.165, 1.54) is 0 Å². The van der Waals surface area contributed by atoms with Crippen LogP contribution in [0.15, 0.2) is 42.7 Å². The summed E-state index contributed by atoms with van der Waals surface area (Å²) in [7, 11) is 0. The van der Waals surface area contributed by atoms with Crippen molar-refractivity contribution in [3.05, 3.63) is 42.7 Å². The Morgan fingerprint density at radius 2 is 1.71 bits per heavy atom. The largest absolute Gasteiger partial charge is 0.481 e. The predicted molar refractivity (Wildman–Crippen MR) is 74.6 cm³/mol. The lowest BCUT2D eigenvalue weighted by Gasteiger charge is -2.04. The van der Waals surface area contributed by atoms with Gasteiger partial charge in [-0.1, -0.05) is 18.2 Å². The lowest BCUT2D eigenvalue weighted by atomic mass is 10.2. The lowest BCUT2D eigenvalue weighted by molar-refractivity contribution is -0.684. The van der Waals surface area contributed by atoms with E-state index >= 15 is 0 Å². The Morgan fingerprint density at radius 3 is 2.33 bits per heavy atom. The van der Waals surface area contributed by atoms with Crippen molar-refractivity contribution in [1.82, 2.24) is 4.57 Å². The summed E-state index contributed by atoms with van der Waals surface area (Å²) < 4.78 is 3.68. The molecule has 0 saturated carbocycles. The van der Waals surface area contributed by atoms with Crippen LogP contribution in [0.4, 0.5) is 0 Å².